The fourth-order valence-corrected chi connectivity index (χ4v) is 5.82. The third-order valence-electron chi connectivity index (χ3n) is 6.07. The number of aliphatic imine (C=N–C) groups is 1. The number of amidine groups is 1. The smallest absolute Gasteiger partial charge is 0.257 e. The van der Waals surface area contributed by atoms with Gasteiger partial charge >= 0.3 is 0 Å². The van der Waals surface area contributed by atoms with E-state index in [4.69, 9.17) is 9.73 Å². The molecule has 1 saturated heterocycles. The van der Waals surface area contributed by atoms with Crippen LogP contribution in [-0.2, 0) is 15.1 Å². The van der Waals surface area contributed by atoms with Crippen LogP contribution in [0.15, 0.2) is 58.0 Å². The molecular weight excluding hydrogens is 483 g/mol. The predicted molar refractivity (Wildman–Crippen MR) is 121 cm³/mol. The van der Waals surface area contributed by atoms with E-state index < -0.39 is 17.5 Å². The van der Waals surface area contributed by atoms with Gasteiger partial charge in [-0.2, -0.15) is 0 Å². The number of hydrogen-bond donors (Lipinski definition) is 1. The maximum absolute atomic E-state index is 15.0. The van der Waals surface area contributed by atoms with Gasteiger partial charge in [0.1, 0.15) is 17.5 Å². The first-order chi connectivity index (χ1) is 15.0. The van der Waals surface area contributed by atoms with Gasteiger partial charge in [0, 0.05) is 33.2 Å². The molecule has 0 unspecified atom stereocenters. The Kier molecular flexibility index (Phi) is 5.48. The molecule has 2 aromatic rings. The molecule has 5 rings (SSSR count). The first kappa shape index (κ1) is 20.8. The van der Waals surface area contributed by atoms with Gasteiger partial charge in [0.25, 0.3) is 5.91 Å². The van der Waals surface area contributed by atoms with Crippen molar-refractivity contribution in [1.29, 1.82) is 0 Å². The molecule has 5 nitrogen and oxygen atoms in total. The summed E-state index contributed by atoms with van der Waals surface area (Å²) in [5, 5.41) is 3.26. The van der Waals surface area contributed by atoms with Crippen molar-refractivity contribution in [3.63, 3.8) is 0 Å². The van der Waals surface area contributed by atoms with Gasteiger partial charge in [0.15, 0.2) is 11.0 Å². The quantitative estimate of drug-likeness (QED) is 0.676. The van der Waals surface area contributed by atoms with Crippen molar-refractivity contribution in [3.05, 3.63) is 69.9 Å². The Morgan fingerprint density at radius 2 is 1.97 bits per heavy atom. The van der Waals surface area contributed by atoms with E-state index in [0.717, 1.165) is 17.3 Å². The Labute approximate surface area is 192 Å². The third-order valence-corrected chi connectivity index (χ3v) is 7.56. The van der Waals surface area contributed by atoms with Crippen molar-refractivity contribution < 1.29 is 18.7 Å². The van der Waals surface area contributed by atoms with Gasteiger partial charge in [-0.1, -0.05) is 45.9 Å². The highest BCUT2D eigenvalue weighted by atomic mass is 79.9. The van der Waals surface area contributed by atoms with E-state index >= 15 is 4.39 Å². The SMILES string of the molecule is O=C(NC1=N[C@@]2(c3cc(Br)ccc3F)CO[C@H](C(=O)C3CC3)[C@H]2CS1)c1ccccc1. The summed E-state index contributed by atoms with van der Waals surface area (Å²) >= 11 is 4.79. The number of nitrogens with one attached hydrogen (secondary N) is 1. The minimum atomic E-state index is -1.06. The number of hydrogen-bond acceptors (Lipinski definition) is 5. The number of halogens is 2. The standard InChI is InChI=1S/C23H20BrFN2O3S/c24-15-8-9-18(25)16(10-15)23-12-30-20(19(28)13-6-7-13)17(23)11-31-22(27-23)26-21(29)14-4-2-1-3-5-14/h1-5,8-10,13,17,20H,6-7,11-12H2,(H,26,27,29)/t17-,20+,23-/m1/s1. The minimum absolute atomic E-state index is 0.0429. The lowest BCUT2D eigenvalue weighted by molar-refractivity contribution is -0.130. The number of amides is 1. The summed E-state index contributed by atoms with van der Waals surface area (Å²) < 4.78 is 21.7. The molecule has 2 heterocycles. The van der Waals surface area contributed by atoms with Crippen LogP contribution < -0.4 is 5.32 Å². The summed E-state index contributed by atoms with van der Waals surface area (Å²) in [6.07, 6.45) is 1.17. The fraction of sp³-hybridized carbons (Fsp3) is 0.348. The predicted octanol–water partition coefficient (Wildman–Crippen LogP) is 4.31. The van der Waals surface area contributed by atoms with Crippen LogP contribution in [0.1, 0.15) is 28.8 Å². The second-order valence-electron chi connectivity index (χ2n) is 8.11. The van der Waals surface area contributed by atoms with Crippen LogP contribution >= 0.6 is 27.7 Å². The number of rotatable bonds is 4. The lowest BCUT2D eigenvalue weighted by Crippen LogP contribution is -2.46. The number of benzene rings is 2. The molecule has 2 aromatic carbocycles. The zero-order valence-corrected chi connectivity index (χ0v) is 18.9. The second-order valence-corrected chi connectivity index (χ2v) is 10.0. The van der Waals surface area contributed by atoms with E-state index in [1.54, 1.807) is 36.4 Å². The molecule has 8 heteroatoms. The molecule has 1 N–H and O–H groups in total. The summed E-state index contributed by atoms with van der Waals surface area (Å²) in [6.45, 7) is 0.0967. The van der Waals surface area contributed by atoms with E-state index in [-0.39, 0.29) is 30.1 Å². The molecule has 2 aliphatic heterocycles. The van der Waals surface area contributed by atoms with Crippen molar-refractivity contribution in [1.82, 2.24) is 5.32 Å². The van der Waals surface area contributed by atoms with Gasteiger partial charge in [-0.3, -0.25) is 9.59 Å². The van der Waals surface area contributed by atoms with E-state index in [2.05, 4.69) is 21.2 Å². The number of ketones is 1. The van der Waals surface area contributed by atoms with Gasteiger partial charge in [0.05, 0.1) is 6.61 Å². The number of ether oxygens (including phenoxy) is 1. The van der Waals surface area contributed by atoms with Gasteiger partial charge in [-0.05, 0) is 43.2 Å². The largest absolute Gasteiger partial charge is 0.367 e. The molecule has 1 saturated carbocycles. The lowest BCUT2D eigenvalue weighted by atomic mass is 9.77. The first-order valence-electron chi connectivity index (χ1n) is 10.2. The summed E-state index contributed by atoms with van der Waals surface area (Å²) in [6, 6.07) is 13.6. The molecular formula is C23H20BrFN2O3S. The molecule has 3 aliphatic rings. The first-order valence-corrected chi connectivity index (χ1v) is 12.0. The van der Waals surface area contributed by atoms with E-state index in [1.165, 1.54) is 17.8 Å². The highest BCUT2D eigenvalue weighted by Gasteiger charge is 2.57. The van der Waals surface area contributed by atoms with Crippen LogP contribution in [0.4, 0.5) is 4.39 Å². The molecule has 0 bridgehead atoms. The Bertz CT molecular complexity index is 1080. The molecule has 1 aliphatic carbocycles. The normalized spacial score (nSPS) is 27.4. The van der Waals surface area contributed by atoms with Crippen LogP contribution in [0.25, 0.3) is 0 Å². The number of thioether (sulfide) groups is 1. The number of nitrogens with zero attached hydrogens (tertiary/aromatic N) is 1. The van der Waals surface area contributed by atoms with Crippen LogP contribution in [0.3, 0.4) is 0 Å². The summed E-state index contributed by atoms with van der Waals surface area (Å²) in [4.78, 5) is 30.4. The Balaban J connectivity index is 1.53. The fourth-order valence-electron chi connectivity index (χ4n) is 4.28. The van der Waals surface area contributed by atoms with Gasteiger partial charge in [-0.15, -0.1) is 0 Å². The van der Waals surface area contributed by atoms with Crippen LogP contribution in [-0.4, -0.2) is 35.3 Å². The topological polar surface area (TPSA) is 67.8 Å². The molecule has 2 fully saturated rings. The summed E-state index contributed by atoms with van der Waals surface area (Å²) in [7, 11) is 0. The third kappa shape index (κ3) is 3.85. The van der Waals surface area contributed by atoms with Crippen LogP contribution in [0.5, 0.6) is 0 Å². The number of carbonyl (C=O) groups excluding carboxylic acids is 2. The highest BCUT2D eigenvalue weighted by Crippen LogP contribution is 2.50. The minimum Gasteiger partial charge on any atom is -0.367 e. The molecule has 0 aromatic heterocycles. The summed E-state index contributed by atoms with van der Waals surface area (Å²) in [5.41, 5.74) is -0.169. The molecule has 0 radical (unpaired) electrons. The van der Waals surface area contributed by atoms with Gasteiger partial charge < -0.3 is 10.1 Å². The molecule has 31 heavy (non-hydrogen) atoms. The Hall–Kier alpha value is -2.03. The van der Waals surface area contributed by atoms with Crippen LogP contribution in [0, 0.1) is 17.7 Å². The van der Waals surface area contributed by atoms with Crippen LogP contribution in [0.2, 0.25) is 0 Å². The van der Waals surface area contributed by atoms with Crippen molar-refractivity contribution in [2.24, 2.45) is 16.8 Å². The van der Waals surface area contributed by atoms with Crippen molar-refractivity contribution in [3.8, 4) is 0 Å². The highest BCUT2D eigenvalue weighted by molar-refractivity contribution is 9.10. The summed E-state index contributed by atoms with van der Waals surface area (Å²) in [5.74, 6) is -0.341. The Morgan fingerprint density at radius 3 is 2.71 bits per heavy atom. The molecule has 160 valence electrons. The van der Waals surface area contributed by atoms with E-state index in [1.807, 2.05) is 6.07 Å². The average Bonchev–Trinajstić information content (AvgIpc) is 3.56. The maximum atomic E-state index is 15.0. The van der Waals surface area contributed by atoms with Crippen molar-refractivity contribution in [2.45, 2.75) is 24.5 Å². The van der Waals surface area contributed by atoms with Crippen molar-refractivity contribution in [2.75, 3.05) is 12.4 Å². The van der Waals surface area contributed by atoms with Crippen molar-refractivity contribution >= 4 is 44.5 Å². The number of fused-ring (bicyclic) bond motifs is 1. The molecule has 0 spiro atoms. The monoisotopic (exact) mass is 502 g/mol. The van der Waals surface area contributed by atoms with E-state index in [9.17, 15) is 9.59 Å². The maximum Gasteiger partial charge on any atom is 0.257 e. The number of carbonyl (C=O) groups is 2. The average molecular weight is 503 g/mol. The van der Waals surface area contributed by atoms with Gasteiger partial charge in [0.2, 0.25) is 0 Å². The molecule has 3 atom stereocenters. The zero-order chi connectivity index (χ0) is 21.6. The van der Waals surface area contributed by atoms with E-state index in [0.29, 0.717) is 22.0 Å². The number of Topliss-reactive ketones (excluding diaryl/α,β-unsaturated/α-hetero) is 1. The molecule has 1 amide bonds. The Morgan fingerprint density at radius 1 is 1.19 bits per heavy atom. The lowest BCUT2D eigenvalue weighted by Gasteiger charge is -2.36. The van der Waals surface area contributed by atoms with Gasteiger partial charge in [-0.25, -0.2) is 9.38 Å². The second kappa shape index (κ2) is 8.15. The zero-order valence-electron chi connectivity index (χ0n) is 16.5.